The maximum absolute atomic E-state index is 6.07. The zero-order valence-electron chi connectivity index (χ0n) is 10.8. The molecule has 2 N–H and O–H groups in total. The molecule has 0 radical (unpaired) electrons. The molecule has 3 rings (SSSR count). The molecule has 0 fully saturated rings. The molecule has 0 spiro atoms. The Morgan fingerprint density at radius 1 is 1.32 bits per heavy atom. The fourth-order valence-electron chi connectivity index (χ4n) is 2.42. The van der Waals surface area contributed by atoms with E-state index < -0.39 is 0 Å². The summed E-state index contributed by atoms with van der Waals surface area (Å²) in [7, 11) is 0. The van der Waals surface area contributed by atoms with E-state index in [1.54, 1.807) is 18.1 Å². The summed E-state index contributed by atoms with van der Waals surface area (Å²) in [4.78, 5) is 10.9. The molecule has 1 aromatic heterocycles. The van der Waals surface area contributed by atoms with Gasteiger partial charge in [0.15, 0.2) is 0 Å². The number of hydrogen-bond acceptors (Lipinski definition) is 5. The van der Waals surface area contributed by atoms with Crippen molar-refractivity contribution >= 4 is 23.3 Å². The first kappa shape index (κ1) is 12.3. The SMILES string of the molecule is CSc1cc(N2CCc3cccc(N)c3C2)ncn1. The zero-order valence-corrected chi connectivity index (χ0v) is 11.7. The van der Waals surface area contributed by atoms with Crippen LogP contribution in [0.2, 0.25) is 0 Å². The van der Waals surface area contributed by atoms with Crippen LogP contribution in [0.5, 0.6) is 0 Å². The minimum Gasteiger partial charge on any atom is -0.398 e. The molecule has 1 aromatic carbocycles. The number of benzene rings is 1. The smallest absolute Gasteiger partial charge is 0.133 e. The van der Waals surface area contributed by atoms with E-state index in [4.69, 9.17) is 5.73 Å². The van der Waals surface area contributed by atoms with Crippen molar-refractivity contribution in [3.63, 3.8) is 0 Å². The molecule has 19 heavy (non-hydrogen) atoms. The van der Waals surface area contributed by atoms with E-state index in [-0.39, 0.29) is 0 Å². The van der Waals surface area contributed by atoms with Crippen LogP contribution in [-0.2, 0) is 13.0 Å². The lowest BCUT2D eigenvalue weighted by Gasteiger charge is -2.30. The number of anilines is 2. The summed E-state index contributed by atoms with van der Waals surface area (Å²) in [6.45, 7) is 1.80. The number of thioether (sulfide) groups is 1. The van der Waals surface area contributed by atoms with Gasteiger partial charge in [-0.05, 0) is 29.9 Å². The number of aromatic nitrogens is 2. The highest BCUT2D eigenvalue weighted by atomic mass is 32.2. The summed E-state index contributed by atoms with van der Waals surface area (Å²) in [6.07, 6.45) is 4.67. The molecule has 2 aromatic rings. The summed E-state index contributed by atoms with van der Waals surface area (Å²) in [6, 6.07) is 8.20. The molecule has 0 atom stereocenters. The Morgan fingerprint density at radius 2 is 2.21 bits per heavy atom. The number of nitrogen functional groups attached to an aromatic ring is 1. The van der Waals surface area contributed by atoms with Crippen molar-refractivity contribution in [3.8, 4) is 0 Å². The highest BCUT2D eigenvalue weighted by Crippen LogP contribution is 2.27. The summed E-state index contributed by atoms with van der Waals surface area (Å²) in [5, 5.41) is 0.997. The summed E-state index contributed by atoms with van der Waals surface area (Å²) >= 11 is 1.63. The van der Waals surface area contributed by atoms with Crippen molar-refractivity contribution in [1.29, 1.82) is 0 Å². The second-order valence-electron chi connectivity index (χ2n) is 4.58. The summed E-state index contributed by atoms with van der Waals surface area (Å²) < 4.78 is 0. The molecule has 0 unspecified atom stereocenters. The van der Waals surface area contributed by atoms with Gasteiger partial charge in [-0.2, -0.15) is 0 Å². The second kappa shape index (κ2) is 5.09. The lowest BCUT2D eigenvalue weighted by Crippen LogP contribution is -2.31. The Labute approximate surface area is 117 Å². The van der Waals surface area contributed by atoms with Gasteiger partial charge < -0.3 is 10.6 Å². The lowest BCUT2D eigenvalue weighted by atomic mass is 9.98. The molecular weight excluding hydrogens is 256 g/mol. The molecule has 0 amide bonds. The van der Waals surface area contributed by atoms with Crippen molar-refractivity contribution in [2.75, 3.05) is 23.4 Å². The van der Waals surface area contributed by atoms with Crippen LogP contribution in [0.3, 0.4) is 0 Å². The third-order valence-corrected chi connectivity index (χ3v) is 4.11. The maximum atomic E-state index is 6.07. The highest BCUT2D eigenvalue weighted by molar-refractivity contribution is 7.98. The molecule has 1 aliphatic heterocycles. The van der Waals surface area contributed by atoms with Crippen molar-refractivity contribution in [1.82, 2.24) is 9.97 Å². The van der Waals surface area contributed by atoms with Gasteiger partial charge in [-0.25, -0.2) is 9.97 Å². The quantitative estimate of drug-likeness (QED) is 0.516. The van der Waals surface area contributed by atoms with Gasteiger partial charge in [-0.1, -0.05) is 12.1 Å². The first-order valence-corrected chi connectivity index (χ1v) is 7.47. The van der Waals surface area contributed by atoms with Crippen LogP contribution in [0.15, 0.2) is 35.6 Å². The number of fused-ring (bicyclic) bond motifs is 1. The molecule has 0 aliphatic carbocycles. The van der Waals surface area contributed by atoms with Crippen molar-refractivity contribution < 1.29 is 0 Å². The predicted molar refractivity (Wildman–Crippen MR) is 79.4 cm³/mol. The summed E-state index contributed by atoms with van der Waals surface area (Å²) in [5.41, 5.74) is 9.54. The Kier molecular flexibility index (Phi) is 3.29. The van der Waals surface area contributed by atoms with Crippen LogP contribution in [0.4, 0.5) is 11.5 Å². The van der Waals surface area contributed by atoms with Crippen LogP contribution >= 0.6 is 11.8 Å². The number of nitrogens with two attached hydrogens (primary N) is 1. The third kappa shape index (κ3) is 2.38. The molecule has 2 heterocycles. The Balaban J connectivity index is 1.91. The average molecular weight is 272 g/mol. The third-order valence-electron chi connectivity index (χ3n) is 3.47. The normalized spacial score (nSPS) is 14.3. The molecule has 0 saturated carbocycles. The molecular formula is C14H16N4S. The number of rotatable bonds is 2. The minimum absolute atomic E-state index is 0.826. The predicted octanol–water partition coefficient (Wildman–Crippen LogP) is 2.34. The molecule has 0 bridgehead atoms. The van der Waals surface area contributed by atoms with Crippen LogP contribution in [0.1, 0.15) is 11.1 Å². The van der Waals surface area contributed by atoms with E-state index in [9.17, 15) is 0 Å². The van der Waals surface area contributed by atoms with E-state index in [0.29, 0.717) is 0 Å². The fourth-order valence-corrected chi connectivity index (χ4v) is 2.79. The average Bonchev–Trinajstić information content (AvgIpc) is 2.47. The van der Waals surface area contributed by atoms with E-state index in [1.165, 1.54) is 11.1 Å². The van der Waals surface area contributed by atoms with Gasteiger partial charge >= 0.3 is 0 Å². The number of nitrogens with zero attached hydrogens (tertiary/aromatic N) is 3. The van der Waals surface area contributed by atoms with Crippen molar-refractivity contribution in [3.05, 3.63) is 41.7 Å². The van der Waals surface area contributed by atoms with Crippen molar-refractivity contribution in [2.24, 2.45) is 0 Å². The lowest BCUT2D eigenvalue weighted by molar-refractivity contribution is 0.718. The molecule has 0 saturated heterocycles. The zero-order chi connectivity index (χ0) is 13.2. The highest BCUT2D eigenvalue weighted by Gasteiger charge is 2.19. The van der Waals surface area contributed by atoms with Crippen LogP contribution in [-0.4, -0.2) is 22.8 Å². The van der Waals surface area contributed by atoms with E-state index >= 15 is 0 Å². The largest absolute Gasteiger partial charge is 0.398 e. The Hall–Kier alpha value is -1.75. The fraction of sp³-hybridized carbons (Fsp3) is 0.286. The molecule has 98 valence electrons. The van der Waals surface area contributed by atoms with E-state index in [0.717, 1.165) is 36.0 Å². The van der Waals surface area contributed by atoms with Crippen molar-refractivity contribution in [2.45, 2.75) is 18.0 Å². The van der Waals surface area contributed by atoms with Crippen LogP contribution < -0.4 is 10.6 Å². The monoisotopic (exact) mass is 272 g/mol. The van der Waals surface area contributed by atoms with Gasteiger partial charge in [0, 0.05) is 24.8 Å². The Morgan fingerprint density at radius 3 is 3.05 bits per heavy atom. The molecule has 1 aliphatic rings. The second-order valence-corrected chi connectivity index (χ2v) is 5.40. The van der Waals surface area contributed by atoms with Crippen LogP contribution in [0.25, 0.3) is 0 Å². The minimum atomic E-state index is 0.826. The topological polar surface area (TPSA) is 55.0 Å². The van der Waals surface area contributed by atoms with Gasteiger partial charge in [0.1, 0.15) is 17.2 Å². The van der Waals surface area contributed by atoms with Gasteiger partial charge in [-0.15, -0.1) is 11.8 Å². The van der Waals surface area contributed by atoms with Gasteiger partial charge in [-0.3, -0.25) is 0 Å². The van der Waals surface area contributed by atoms with E-state index in [2.05, 4.69) is 20.9 Å². The molecule has 4 nitrogen and oxygen atoms in total. The van der Waals surface area contributed by atoms with Gasteiger partial charge in [0.05, 0.1) is 0 Å². The standard InChI is InChI=1S/C14H16N4S/c1-19-14-7-13(16-9-17-14)18-6-5-10-3-2-4-12(15)11(10)8-18/h2-4,7,9H,5-6,8,15H2,1H3. The van der Waals surface area contributed by atoms with Crippen LogP contribution in [0, 0.1) is 0 Å². The first-order chi connectivity index (χ1) is 9.28. The number of hydrogen-bond donors (Lipinski definition) is 1. The van der Waals surface area contributed by atoms with Gasteiger partial charge in [0.25, 0.3) is 0 Å². The van der Waals surface area contributed by atoms with E-state index in [1.807, 2.05) is 24.5 Å². The maximum Gasteiger partial charge on any atom is 0.133 e. The molecule has 5 heteroatoms. The first-order valence-electron chi connectivity index (χ1n) is 6.25. The summed E-state index contributed by atoms with van der Waals surface area (Å²) in [5.74, 6) is 0.980. The van der Waals surface area contributed by atoms with Gasteiger partial charge in [0.2, 0.25) is 0 Å². The Bertz CT molecular complexity index is 600.